The van der Waals surface area contributed by atoms with Crippen molar-refractivity contribution in [1.82, 2.24) is 10.6 Å². The van der Waals surface area contributed by atoms with E-state index in [0.717, 1.165) is 0 Å². The maximum Gasteiger partial charge on any atom is 0.322 e. The number of carboxylic acids is 1. The van der Waals surface area contributed by atoms with Crippen molar-refractivity contribution < 1.29 is 27.9 Å². The second-order valence-corrected chi connectivity index (χ2v) is 7.80. The van der Waals surface area contributed by atoms with Gasteiger partial charge < -0.3 is 15.7 Å². The predicted molar refractivity (Wildman–Crippen MR) is 73.2 cm³/mol. The van der Waals surface area contributed by atoms with Crippen molar-refractivity contribution in [3.05, 3.63) is 0 Å². The summed E-state index contributed by atoms with van der Waals surface area (Å²) < 4.78 is 22.4. The van der Waals surface area contributed by atoms with Crippen molar-refractivity contribution in [3.8, 4) is 0 Å². The van der Waals surface area contributed by atoms with Crippen LogP contribution in [0, 0.1) is 0 Å². The summed E-state index contributed by atoms with van der Waals surface area (Å²) in [6, 6.07) is 0. The molecule has 0 aromatic heterocycles. The Morgan fingerprint density at radius 3 is 2.35 bits per heavy atom. The van der Waals surface area contributed by atoms with Gasteiger partial charge in [0.15, 0.2) is 9.84 Å². The fourth-order valence-corrected chi connectivity index (χ4v) is 5.03. The molecule has 2 amide bonds. The van der Waals surface area contributed by atoms with Crippen molar-refractivity contribution in [1.29, 1.82) is 0 Å². The molecule has 0 aliphatic carbocycles. The van der Waals surface area contributed by atoms with Gasteiger partial charge in [-0.3, -0.25) is 14.4 Å². The Labute approximate surface area is 120 Å². The van der Waals surface area contributed by atoms with Crippen molar-refractivity contribution in [2.45, 2.75) is 11.7 Å². The molecule has 3 N–H and O–H groups in total. The number of hydrogen-bond acceptors (Lipinski definition) is 6. The summed E-state index contributed by atoms with van der Waals surface area (Å²) in [5, 5.41) is 12.7. The van der Waals surface area contributed by atoms with Gasteiger partial charge in [-0.05, 0) is 6.42 Å². The predicted octanol–water partition coefficient (Wildman–Crippen LogP) is -1.78. The van der Waals surface area contributed by atoms with Crippen LogP contribution in [0.4, 0.5) is 0 Å². The van der Waals surface area contributed by atoms with Gasteiger partial charge in [-0.2, -0.15) is 0 Å². The summed E-state index contributed by atoms with van der Waals surface area (Å²) >= 11 is 1.25. The Morgan fingerprint density at radius 1 is 1.15 bits per heavy atom. The minimum absolute atomic E-state index is 0.0758. The number of hydrogen-bond donors (Lipinski definition) is 3. The molecule has 1 fully saturated rings. The van der Waals surface area contributed by atoms with Crippen LogP contribution < -0.4 is 10.6 Å². The van der Waals surface area contributed by atoms with Gasteiger partial charge in [0.1, 0.15) is 6.54 Å². The topological polar surface area (TPSA) is 130 Å². The van der Waals surface area contributed by atoms with Crippen molar-refractivity contribution in [3.63, 3.8) is 0 Å². The zero-order chi connectivity index (χ0) is 15.2. The van der Waals surface area contributed by atoms with E-state index in [1.807, 2.05) is 0 Å². The van der Waals surface area contributed by atoms with E-state index in [9.17, 15) is 22.8 Å². The van der Waals surface area contributed by atoms with Gasteiger partial charge in [-0.1, -0.05) is 0 Å². The summed E-state index contributed by atoms with van der Waals surface area (Å²) in [4.78, 5) is 32.7. The first kappa shape index (κ1) is 16.8. The Balaban J connectivity index is 2.15. The van der Waals surface area contributed by atoms with Gasteiger partial charge in [0, 0.05) is 5.25 Å². The molecule has 20 heavy (non-hydrogen) atoms. The molecule has 10 heteroatoms. The lowest BCUT2D eigenvalue weighted by molar-refractivity contribution is -0.137. The second-order valence-electron chi connectivity index (χ2n) is 4.28. The summed E-state index contributed by atoms with van der Waals surface area (Å²) in [6.07, 6.45) is 0.541. The number of carbonyl (C=O) groups excluding carboxylic acids is 2. The van der Waals surface area contributed by atoms with E-state index in [4.69, 9.17) is 5.11 Å². The van der Waals surface area contributed by atoms with E-state index in [2.05, 4.69) is 10.6 Å². The lowest BCUT2D eigenvalue weighted by atomic mass is 10.4. The molecular weight excluding hydrogens is 308 g/mol. The van der Waals surface area contributed by atoms with Crippen molar-refractivity contribution in [2.75, 3.05) is 30.3 Å². The number of carboxylic acid groups (broad SMARTS) is 1. The molecule has 1 heterocycles. The summed E-state index contributed by atoms with van der Waals surface area (Å²) in [5.41, 5.74) is 0. The van der Waals surface area contributed by atoms with Gasteiger partial charge in [0.2, 0.25) is 11.8 Å². The highest BCUT2D eigenvalue weighted by Crippen LogP contribution is 2.23. The summed E-state index contributed by atoms with van der Waals surface area (Å²) in [5.74, 6) is -1.82. The van der Waals surface area contributed by atoms with E-state index >= 15 is 0 Å². The lowest BCUT2D eigenvalue weighted by Crippen LogP contribution is -2.39. The number of sulfone groups is 1. The largest absolute Gasteiger partial charge is 0.480 e. The van der Waals surface area contributed by atoms with Gasteiger partial charge in [0.25, 0.3) is 0 Å². The second kappa shape index (κ2) is 7.48. The van der Waals surface area contributed by atoms with E-state index in [0.29, 0.717) is 6.42 Å². The molecule has 1 saturated heterocycles. The van der Waals surface area contributed by atoms with E-state index in [-0.39, 0.29) is 35.0 Å². The molecule has 1 rings (SSSR count). The van der Waals surface area contributed by atoms with Gasteiger partial charge in [-0.25, -0.2) is 8.42 Å². The summed E-state index contributed by atoms with van der Waals surface area (Å²) in [7, 11) is -2.96. The third kappa shape index (κ3) is 6.75. The molecule has 8 nitrogen and oxygen atoms in total. The number of amides is 2. The van der Waals surface area contributed by atoms with Crippen LogP contribution in [0.15, 0.2) is 0 Å². The fraction of sp³-hybridized carbons (Fsp3) is 0.700. The van der Waals surface area contributed by atoms with Crippen LogP contribution in [0.5, 0.6) is 0 Å². The molecule has 1 unspecified atom stereocenters. The molecule has 0 saturated carbocycles. The minimum atomic E-state index is -2.96. The molecule has 0 spiro atoms. The maximum absolute atomic E-state index is 11.4. The normalized spacial score (nSPS) is 20.3. The van der Waals surface area contributed by atoms with Crippen LogP contribution >= 0.6 is 11.8 Å². The highest BCUT2D eigenvalue weighted by atomic mass is 32.2. The Bertz CT molecular complexity index is 490. The number of aliphatic carboxylic acids is 1. The average Bonchev–Trinajstić information content (AvgIpc) is 2.71. The van der Waals surface area contributed by atoms with Crippen LogP contribution in [0.2, 0.25) is 0 Å². The molecule has 114 valence electrons. The Hall–Kier alpha value is -1.29. The Kier molecular flexibility index (Phi) is 6.27. The highest BCUT2D eigenvalue weighted by Gasteiger charge is 2.28. The number of nitrogens with one attached hydrogen (secondary N) is 2. The van der Waals surface area contributed by atoms with Crippen LogP contribution in [0.3, 0.4) is 0 Å². The first-order valence-corrected chi connectivity index (χ1v) is 8.73. The summed E-state index contributed by atoms with van der Waals surface area (Å²) in [6.45, 7) is -0.793. The first-order chi connectivity index (χ1) is 9.28. The highest BCUT2D eigenvalue weighted by molar-refractivity contribution is 8.02. The smallest absolute Gasteiger partial charge is 0.322 e. The van der Waals surface area contributed by atoms with Crippen molar-refractivity contribution >= 4 is 39.4 Å². The zero-order valence-electron chi connectivity index (χ0n) is 10.6. The SMILES string of the molecule is O=C(O)CNC(=O)CNC(=O)CSC1CCS(=O)(=O)C1. The first-order valence-electron chi connectivity index (χ1n) is 5.86. The molecule has 1 aliphatic heterocycles. The number of carbonyl (C=O) groups is 3. The van der Waals surface area contributed by atoms with Gasteiger partial charge in [-0.15, -0.1) is 11.8 Å². The lowest BCUT2D eigenvalue weighted by Gasteiger charge is -2.08. The van der Waals surface area contributed by atoms with Crippen LogP contribution in [-0.4, -0.2) is 66.9 Å². The monoisotopic (exact) mass is 324 g/mol. The maximum atomic E-state index is 11.4. The minimum Gasteiger partial charge on any atom is -0.480 e. The van der Waals surface area contributed by atoms with Crippen molar-refractivity contribution in [2.24, 2.45) is 0 Å². The van der Waals surface area contributed by atoms with Crippen LogP contribution in [0.25, 0.3) is 0 Å². The Morgan fingerprint density at radius 2 is 1.80 bits per heavy atom. The van der Waals surface area contributed by atoms with Gasteiger partial charge in [0.05, 0.1) is 23.8 Å². The molecule has 0 aromatic rings. The number of rotatable bonds is 7. The molecular formula is C10H16N2O6S2. The van der Waals surface area contributed by atoms with E-state index in [1.54, 1.807) is 0 Å². The molecule has 0 aromatic carbocycles. The zero-order valence-corrected chi connectivity index (χ0v) is 12.3. The number of thioether (sulfide) groups is 1. The molecule has 1 aliphatic rings. The quantitative estimate of drug-likeness (QED) is 0.505. The van der Waals surface area contributed by atoms with Crippen LogP contribution in [0.1, 0.15) is 6.42 Å². The van der Waals surface area contributed by atoms with Gasteiger partial charge >= 0.3 is 5.97 Å². The molecule has 1 atom stereocenters. The van der Waals surface area contributed by atoms with E-state index in [1.165, 1.54) is 11.8 Å². The van der Waals surface area contributed by atoms with Crippen LogP contribution in [-0.2, 0) is 24.2 Å². The third-order valence-electron chi connectivity index (χ3n) is 2.52. The molecule has 0 bridgehead atoms. The molecule has 0 radical (unpaired) electrons. The third-order valence-corrected chi connectivity index (χ3v) is 5.81. The standard InChI is InChI=1S/C10H16N2O6S2/c13-8(12-4-10(15)16)3-11-9(14)5-19-7-1-2-20(17,18)6-7/h7H,1-6H2,(H,11,14)(H,12,13)(H,15,16). The fourth-order valence-electron chi connectivity index (χ4n) is 1.55. The van der Waals surface area contributed by atoms with E-state index < -0.39 is 28.3 Å². The average molecular weight is 324 g/mol.